The van der Waals surface area contributed by atoms with E-state index in [1.54, 1.807) is 12.0 Å². The second kappa shape index (κ2) is 7.21. The number of rotatable bonds is 4. The van der Waals surface area contributed by atoms with E-state index < -0.39 is 0 Å². The molecule has 3 rings (SSSR count). The number of likely N-dealkylation sites (N-methyl/N-ethyl adjacent to an activating group) is 1. The number of carbonyl (C=O) groups excluding carboxylic acids is 1. The fraction of sp³-hybridized carbons (Fsp3) is 0.611. The number of benzene rings is 1. The van der Waals surface area contributed by atoms with Gasteiger partial charge in [-0.15, -0.1) is 0 Å². The molecule has 0 bridgehead atoms. The van der Waals surface area contributed by atoms with Crippen LogP contribution < -0.4 is 10.1 Å². The van der Waals surface area contributed by atoms with Gasteiger partial charge in [0.15, 0.2) is 0 Å². The topological polar surface area (TPSA) is 50.8 Å². The highest BCUT2D eigenvalue weighted by Crippen LogP contribution is 2.33. The lowest BCUT2D eigenvalue weighted by Crippen LogP contribution is -2.45. The lowest BCUT2D eigenvalue weighted by Gasteiger charge is -2.28. The van der Waals surface area contributed by atoms with Crippen LogP contribution >= 0.6 is 0 Å². The number of methoxy groups -OCH3 is 1. The van der Waals surface area contributed by atoms with Crippen molar-refractivity contribution in [3.63, 3.8) is 0 Å². The quantitative estimate of drug-likeness (QED) is 0.928. The summed E-state index contributed by atoms with van der Waals surface area (Å²) < 4.78 is 10.7. The minimum Gasteiger partial charge on any atom is -0.497 e. The molecule has 2 aliphatic rings. The summed E-state index contributed by atoms with van der Waals surface area (Å²) in [5.41, 5.74) is 2.71. The van der Waals surface area contributed by atoms with Crippen molar-refractivity contribution in [2.24, 2.45) is 0 Å². The first kappa shape index (κ1) is 16.1. The Balaban J connectivity index is 1.60. The first-order valence-corrected chi connectivity index (χ1v) is 8.44. The summed E-state index contributed by atoms with van der Waals surface area (Å²) >= 11 is 0. The van der Waals surface area contributed by atoms with Crippen LogP contribution in [0.15, 0.2) is 18.2 Å². The Bertz CT molecular complexity index is 555. The molecule has 0 aromatic heterocycles. The summed E-state index contributed by atoms with van der Waals surface area (Å²) in [5, 5.41) is 3.10. The zero-order chi connectivity index (χ0) is 16.2. The molecule has 1 saturated heterocycles. The molecule has 1 aromatic carbocycles. The number of hydrogen-bond acceptors (Lipinski definition) is 3. The number of hydrogen-bond donors (Lipinski definition) is 1. The van der Waals surface area contributed by atoms with Crippen molar-refractivity contribution in [1.29, 1.82) is 0 Å². The molecule has 5 nitrogen and oxygen atoms in total. The number of amides is 2. The lowest BCUT2D eigenvalue weighted by molar-refractivity contribution is 0.157. The highest BCUT2D eigenvalue weighted by atomic mass is 16.5. The van der Waals surface area contributed by atoms with Crippen molar-refractivity contribution in [3.8, 4) is 5.75 Å². The maximum absolute atomic E-state index is 12.3. The standard InChI is InChI=1S/C18H26N2O3/c1-20(15-8-9-23-12-15)18(21)19-11-14-5-3-4-13-10-16(22-2)6-7-17(13)14/h6-7,10,14-15H,3-5,8-9,11-12H2,1-2H3,(H,19,21)/t14-,15+/m1/s1. The molecule has 1 fully saturated rings. The van der Waals surface area contributed by atoms with Gasteiger partial charge in [-0.2, -0.15) is 0 Å². The van der Waals surface area contributed by atoms with Crippen LogP contribution in [0.3, 0.4) is 0 Å². The first-order chi connectivity index (χ1) is 11.2. The molecule has 126 valence electrons. The Kier molecular flexibility index (Phi) is 5.06. The highest BCUT2D eigenvalue weighted by molar-refractivity contribution is 5.74. The van der Waals surface area contributed by atoms with Crippen LogP contribution in [0.4, 0.5) is 4.79 Å². The van der Waals surface area contributed by atoms with Gasteiger partial charge in [-0.1, -0.05) is 6.07 Å². The number of fused-ring (bicyclic) bond motifs is 1. The van der Waals surface area contributed by atoms with Crippen molar-refractivity contribution in [2.75, 3.05) is 33.9 Å². The molecule has 1 N–H and O–H groups in total. The number of aryl methyl sites for hydroxylation is 1. The monoisotopic (exact) mass is 318 g/mol. The zero-order valence-corrected chi connectivity index (χ0v) is 14.0. The first-order valence-electron chi connectivity index (χ1n) is 8.44. The average molecular weight is 318 g/mol. The molecule has 2 amide bonds. The predicted octanol–water partition coefficient (Wildman–Crippen LogP) is 2.55. The van der Waals surface area contributed by atoms with Crippen molar-refractivity contribution < 1.29 is 14.3 Å². The van der Waals surface area contributed by atoms with Gasteiger partial charge >= 0.3 is 6.03 Å². The number of nitrogens with zero attached hydrogens (tertiary/aromatic N) is 1. The smallest absolute Gasteiger partial charge is 0.317 e. The van der Waals surface area contributed by atoms with Gasteiger partial charge in [0.05, 0.1) is 19.8 Å². The van der Waals surface area contributed by atoms with E-state index in [-0.39, 0.29) is 12.1 Å². The van der Waals surface area contributed by atoms with Gasteiger partial charge in [0.1, 0.15) is 5.75 Å². The van der Waals surface area contributed by atoms with Gasteiger partial charge in [-0.25, -0.2) is 4.79 Å². The second-order valence-corrected chi connectivity index (χ2v) is 6.47. The number of carbonyl (C=O) groups is 1. The molecule has 23 heavy (non-hydrogen) atoms. The normalized spacial score (nSPS) is 23.2. The molecule has 1 heterocycles. The molecule has 1 aromatic rings. The summed E-state index contributed by atoms with van der Waals surface area (Å²) in [6.07, 6.45) is 4.30. The Hall–Kier alpha value is -1.75. The lowest BCUT2D eigenvalue weighted by atomic mass is 9.82. The Morgan fingerprint density at radius 2 is 2.30 bits per heavy atom. The molecular formula is C18H26N2O3. The molecule has 1 aliphatic heterocycles. The van der Waals surface area contributed by atoms with Crippen LogP contribution in [0.5, 0.6) is 5.75 Å². The minimum atomic E-state index is 0.00105. The average Bonchev–Trinajstić information content (AvgIpc) is 3.12. The molecule has 0 spiro atoms. The van der Waals surface area contributed by atoms with E-state index >= 15 is 0 Å². The summed E-state index contributed by atoms with van der Waals surface area (Å²) in [7, 11) is 3.55. The van der Waals surface area contributed by atoms with Crippen LogP contribution in [0.1, 0.15) is 36.3 Å². The molecule has 0 saturated carbocycles. The largest absolute Gasteiger partial charge is 0.497 e. The van der Waals surface area contributed by atoms with Crippen molar-refractivity contribution in [1.82, 2.24) is 10.2 Å². The molecule has 2 atom stereocenters. The fourth-order valence-corrected chi connectivity index (χ4v) is 3.56. The number of ether oxygens (including phenoxy) is 2. The SMILES string of the molecule is COc1ccc2c(c1)CCC[C@@H]2CNC(=O)N(C)[C@H]1CCOC1. The summed E-state index contributed by atoms with van der Waals surface area (Å²) in [6.45, 7) is 2.09. The third-order valence-electron chi connectivity index (χ3n) is 5.06. The van der Waals surface area contributed by atoms with Gasteiger partial charge in [-0.05, 0) is 48.9 Å². The number of urea groups is 1. The van der Waals surface area contributed by atoms with Gasteiger partial charge in [0, 0.05) is 26.1 Å². The van der Waals surface area contributed by atoms with Gasteiger partial charge in [-0.3, -0.25) is 0 Å². The minimum absolute atomic E-state index is 0.00105. The second-order valence-electron chi connectivity index (χ2n) is 6.47. The summed E-state index contributed by atoms with van der Waals surface area (Å²) in [5.74, 6) is 1.30. The maximum atomic E-state index is 12.3. The van der Waals surface area contributed by atoms with Gasteiger partial charge in [0.2, 0.25) is 0 Å². The van der Waals surface area contributed by atoms with Crippen LogP contribution in [0.2, 0.25) is 0 Å². The van der Waals surface area contributed by atoms with E-state index in [9.17, 15) is 4.79 Å². The third-order valence-corrected chi connectivity index (χ3v) is 5.06. The van der Waals surface area contributed by atoms with Crippen LogP contribution in [-0.2, 0) is 11.2 Å². The Morgan fingerprint density at radius 1 is 1.43 bits per heavy atom. The van der Waals surface area contributed by atoms with E-state index in [0.717, 1.165) is 38.0 Å². The Morgan fingerprint density at radius 3 is 3.04 bits per heavy atom. The van der Waals surface area contributed by atoms with E-state index in [2.05, 4.69) is 17.4 Å². The van der Waals surface area contributed by atoms with E-state index in [4.69, 9.17) is 9.47 Å². The van der Waals surface area contributed by atoms with Crippen LogP contribution in [-0.4, -0.2) is 50.9 Å². The maximum Gasteiger partial charge on any atom is 0.317 e. The predicted molar refractivity (Wildman–Crippen MR) is 89.1 cm³/mol. The highest BCUT2D eigenvalue weighted by Gasteiger charge is 2.26. The van der Waals surface area contributed by atoms with E-state index in [1.165, 1.54) is 11.1 Å². The molecule has 0 unspecified atom stereocenters. The van der Waals surface area contributed by atoms with Gasteiger partial charge in [0.25, 0.3) is 0 Å². The molecule has 1 aliphatic carbocycles. The molecule has 0 radical (unpaired) electrons. The molecule has 5 heteroatoms. The summed E-state index contributed by atoms with van der Waals surface area (Å²) in [6, 6.07) is 6.50. The van der Waals surface area contributed by atoms with E-state index in [1.807, 2.05) is 13.1 Å². The van der Waals surface area contributed by atoms with Crippen LogP contribution in [0, 0.1) is 0 Å². The summed E-state index contributed by atoms with van der Waals surface area (Å²) in [4.78, 5) is 14.1. The van der Waals surface area contributed by atoms with Crippen molar-refractivity contribution in [3.05, 3.63) is 29.3 Å². The fourth-order valence-electron chi connectivity index (χ4n) is 3.56. The van der Waals surface area contributed by atoms with Gasteiger partial charge < -0.3 is 19.7 Å². The van der Waals surface area contributed by atoms with E-state index in [0.29, 0.717) is 19.1 Å². The number of nitrogens with one attached hydrogen (secondary N) is 1. The van der Waals surface area contributed by atoms with Crippen molar-refractivity contribution in [2.45, 2.75) is 37.6 Å². The van der Waals surface area contributed by atoms with Crippen molar-refractivity contribution >= 4 is 6.03 Å². The molecular weight excluding hydrogens is 292 g/mol. The zero-order valence-electron chi connectivity index (χ0n) is 14.0. The van der Waals surface area contributed by atoms with Crippen LogP contribution in [0.25, 0.3) is 0 Å². The Labute approximate surface area is 137 Å². The third kappa shape index (κ3) is 3.61.